The SMILES string of the molecule is O=C1COc2c(-c3ccc(F)cc3)cn(-c3ccc(OC(F)(F)F)cc3)c(=O)c2N1Cc1ccccc1. The van der Waals surface area contributed by atoms with Gasteiger partial charge in [0, 0.05) is 17.4 Å². The fraction of sp³-hybridized carbons (Fsp3) is 0.111. The Kier molecular flexibility index (Phi) is 6.16. The van der Waals surface area contributed by atoms with Crippen LogP contribution in [0.2, 0.25) is 0 Å². The number of hydrogen-bond donors (Lipinski definition) is 0. The van der Waals surface area contributed by atoms with Gasteiger partial charge in [0.15, 0.2) is 18.0 Å². The summed E-state index contributed by atoms with van der Waals surface area (Å²) in [5.74, 6) is -1.20. The summed E-state index contributed by atoms with van der Waals surface area (Å²) in [7, 11) is 0. The second-order valence-electron chi connectivity index (χ2n) is 8.20. The summed E-state index contributed by atoms with van der Waals surface area (Å²) in [6, 6.07) is 19.3. The number of alkyl halides is 3. The van der Waals surface area contributed by atoms with Crippen LogP contribution in [0.5, 0.6) is 11.5 Å². The number of amides is 1. The predicted molar refractivity (Wildman–Crippen MR) is 127 cm³/mol. The maximum absolute atomic E-state index is 13.7. The molecule has 0 fully saturated rings. The number of pyridine rings is 1. The van der Waals surface area contributed by atoms with Crippen molar-refractivity contribution in [2.24, 2.45) is 0 Å². The van der Waals surface area contributed by atoms with E-state index in [1.165, 1.54) is 52.1 Å². The van der Waals surface area contributed by atoms with Crippen molar-refractivity contribution < 1.29 is 31.8 Å². The van der Waals surface area contributed by atoms with Gasteiger partial charge in [-0.05, 0) is 47.5 Å². The molecule has 1 amide bonds. The number of carbonyl (C=O) groups excluding carboxylic acids is 1. The first kappa shape index (κ1) is 24.1. The molecule has 3 aromatic carbocycles. The highest BCUT2D eigenvalue weighted by atomic mass is 19.4. The number of nitrogens with zero attached hydrogens (tertiary/aromatic N) is 2. The van der Waals surface area contributed by atoms with E-state index >= 15 is 0 Å². The Hall–Kier alpha value is -4.60. The van der Waals surface area contributed by atoms with Gasteiger partial charge in [0.05, 0.1) is 6.54 Å². The van der Waals surface area contributed by atoms with Crippen molar-refractivity contribution in [1.82, 2.24) is 4.57 Å². The summed E-state index contributed by atoms with van der Waals surface area (Å²) < 4.78 is 62.2. The van der Waals surface area contributed by atoms with E-state index in [1.54, 1.807) is 12.1 Å². The molecular weight excluding hydrogens is 492 g/mol. The molecule has 5 rings (SSSR count). The van der Waals surface area contributed by atoms with Crippen molar-refractivity contribution in [2.75, 3.05) is 11.5 Å². The van der Waals surface area contributed by atoms with Gasteiger partial charge in [0.25, 0.3) is 11.5 Å². The molecule has 0 unspecified atom stereocenters. The Morgan fingerprint density at radius 1 is 0.892 bits per heavy atom. The Labute approximate surface area is 207 Å². The quantitative estimate of drug-likeness (QED) is 0.334. The molecule has 0 saturated carbocycles. The normalized spacial score (nSPS) is 13.2. The van der Waals surface area contributed by atoms with Crippen LogP contribution in [0.1, 0.15) is 5.56 Å². The molecule has 0 atom stereocenters. The second-order valence-corrected chi connectivity index (χ2v) is 8.20. The van der Waals surface area contributed by atoms with E-state index < -0.39 is 29.4 Å². The Bertz CT molecular complexity index is 1500. The molecule has 0 N–H and O–H groups in total. The molecule has 0 radical (unpaired) electrons. The minimum absolute atomic E-state index is 0.0300. The number of anilines is 1. The molecule has 0 bridgehead atoms. The zero-order valence-corrected chi connectivity index (χ0v) is 19.0. The summed E-state index contributed by atoms with van der Waals surface area (Å²) in [6.07, 6.45) is -3.42. The van der Waals surface area contributed by atoms with Crippen LogP contribution in [-0.4, -0.2) is 23.4 Å². The van der Waals surface area contributed by atoms with Crippen LogP contribution in [0.3, 0.4) is 0 Å². The van der Waals surface area contributed by atoms with E-state index in [1.807, 2.05) is 18.2 Å². The van der Waals surface area contributed by atoms with E-state index in [0.29, 0.717) is 11.1 Å². The van der Waals surface area contributed by atoms with Crippen LogP contribution in [0.15, 0.2) is 89.9 Å². The molecule has 0 saturated heterocycles. The third-order valence-corrected chi connectivity index (χ3v) is 5.74. The van der Waals surface area contributed by atoms with Crippen LogP contribution in [0.25, 0.3) is 16.8 Å². The highest BCUT2D eigenvalue weighted by Crippen LogP contribution is 2.40. The lowest BCUT2D eigenvalue weighted by Gasteiger charge is -2.31. The molecule has 1 aliphatic heterocycles. The number of ether oxygens (including phenoxy) is 2. The maximum Gasteiger partial charge on any atom is 0.573 e. The van der Waals surface area contributed by atoms with Gasteiger partial charge in [-0.3, -0.25) is 19.1 Å². The Morgan fingerprint density at radius 3 is 2.22 bits per heavy atom. The van der Waals surface area contributed by atoms with Crippen LogP contribution in [0, 0.1) is 5.82 Å². The molecule has 1 aromatic heterocycles. The number of aromatic nitrogens is 1. The van der Waals surface area contributed by atoms with Gasteiger partial charge in [-0.2, -0.15) is 0 Å². The maximum atomic E-state index is 13.7. The van der Waals surface area contributed by atoms with E-state index in [-0.39, 0.29) is 30.3 Å². The molecule has 1 aliphatic rings. The molecule has 4 aromatic rings. The van der Waals surface area contributed by atoms with Gasteiger partial charge >= 0.3 is 6.36 Å². The van der Waals surface area contributed by atoms with Gasteiger partial charge in [-0.15, -0.1) is 13.2 Å². The summed E-state index contributed by atoms with van der Waals surface area (Å²) in [5.41, 5.74) is 1.26. The third kappa shape index (κ3) is 5.04. The number of benzene rings is 3. The molecule has 10 heteroatoms. The number of rotatable bonds is 5. The molecule has 188 valence electrons. The average molecular weight is 510 g/mol. The minimum atomic E-state index is -4.87. The zero-order valence-electron chi connectivity index (χ0n) is 19.0. The van der Waals surface area contributed by atoms with Crippen molar-refractivity contribution in [2.45, 2.75) is 12.9 Å². The van der Waals surface area contributed by atoms with E-state index in [0.717, 1.165) is 17.7 Å². The van der Waals surface area contributed by atoms with Crippen LogP contribution >= 0.6 is 0 Å². The second kappa shape index (κ2) is 9.45. The summed E-state index contributed by atoms with van der Waals surface area (Å²) >= 11 is 0. The monoisotopic (exact) mass is 510 g/mol. The fourth-order valence-electron chi connectivity index (χ4n) is 4.07. The number of fused-ring (bicyclic) bond motifs is 1. The van der Waals surface area contributed by atoms with Gasteiger partial charge in [0.1, 0.15) is 11.6 Å². The fourth-order valence-corrected chi connectivity index (χ4v) is 4.07. The van der Waals surface area contributed by atoms with Crippen molar-refractivity contribution in [1.29, 1.82) is 0 Å². The van der Waals surface area contributed by atoms with E-state index in [2.05, 4.69) is 4.74 Å². The average Bonchev–Trinajstić information content (AvgIpc) is 2.87. The molecular formula is C27H18F4N2O4. The zero-order chi connectivity index (χ0) is 26.2. The first-order valence-corrected chi connectivity index (χ1v) is 11.1. The number of halogens is 4. The van der Waals surface area contributed by atoms with Gasteiger partial charge in [-0.25, -0.2) is 4.39 Å². The first-order valence-electron chi connectivity index (χ1n) is 11.1. The summed E-state index contributed by atoms with van der Waals surface area (Å²) in [4.78, 5) is 28.0. The lowest BCUT2D eigenvalue weighted by atomic mass is 10.0. The third-order valence-electron chi connectivity index (χ3n) is 5.74. The Morgan fingerprint density at radius 2 is 1.57 bits per heavy atom. The van der Waals surface area contributed by atoms with Crippen molar-refractivity contribution in [3.8, 4) is 28.3 Å². The Balaban J connectivity index is 1.68. The number of hydrogen-bond acceptors (Lipinski definition) is 4. The highest BCUT2D eigenvalue weighted by molar-refractivity contribution is 5.99. The summed E-state index contributed by atoms with van der Waals surface area (Å²) in [5, 5.41) is 0. The lowest BCUT2D eigenvalue weighted by Crippen LogP contribution is -2.43. The van der Waals surface area contributed by atoms with Gasteiger partial charge in [0.2, 0.25) is 0 Å². The minimum Gasteiger partial charge on any atom is -0.481 e. The van der Waals surface area contributed by atoms with Crippen molar-refractivity contribution in [3.05, 3.63) is 107 Å². The standard InChI is InChI=1S/C27H18F4N2O4/c28-19-8-6-18(7-9-19)22-15-32(20-10-12-21(13-11-20)37-27(29,30)31)26(35)24-25(22)36-16-23(34)33(24)14-17-4-2-1-3-5-17/h1-13,15H,14,16H2. The molecule has 0 aliphatic carbocycles. The molecule has 6 nitrogen and oxygen atoms in total. The summed E-state index contributed by atoms with van der Waals surface area (Å²) in [6.45, 7) is -0.211. The van der Waals surface area contributed by atoms with Crippen molar-refractivity contribution >= 4 is 11.6 Å². The van der Waals surface area contributed by atoms with E-state index in [9.17, 15) is 27.2 Å². The largest absolute Gasteiger partial charge is 0.573 e. The van der Waals surface area contributed by atoms with E-state index in [4.69, 9.17) is 4.74 Å². The predicted octanol–water partition coefficient (Wildman–Crippen LogP) is 5.47. The van der Waals surface area contributed by atoms with Gasteiger partial charge in [-0.1, -0.05) is 42.5 Å². The molecule has 37 heavy (non-hydrogen) atoms. The lowest BCUT2D eigenvalue weighted by molar-refractivity contribution is -0.274. The van der Waals surface area contributed by atoms with Crippen LogP contribution in [-0.2, 0) is 11.3 Å². The van der Waals surface area contributed by atoms with Crippen LogP contribution < -0.4 is 19.9 Å². The smallest absolute Gasteiger partial charge is 0.481 e. The first-order chi connectivity index (χ1) is 17.7. The molecule has 0 spiro atoms. The highest BCUT2D eigenvalue weighted by Gasteiger charge is 2.33. The van der Waals surface area contributed by atoms with Crippen LogP contribution in [0.4, 0.5) is 23.2 Å². The van der Waals surface area contributed by atoms with Gasteiger partial charge < -0.3 is 9.47 Å². The number of carbonyl (C=O) groups is 1. The van der Waals surface area contributed by atoms with Crippen molar-refractivity contribution in [3.63, 3.8) is 0 Å². The molecule has 2 heterocycles. The topological polar surface area (TPSA) is 60.8 Å².